The second kappa shape index (κ2) is 8.85. The van der Waals surface area contributed by atoms with Crippen molar-refractivity contribution in [1.29, 1.82) is 0 Å². The molecule has 0 aromatic rings. The van der Waals surface area contributed by atoms with Crippen molar-refractivity contribution in [2.75, 3.05) is 13.2 Å². The van der Waals surface area contributed by atoms with Gasteiger partial charge in [-0.15, -0.1) is 0 Å². The zero-order chi connectivity index (χ0) is 15.8. The molecule has 1 rings (SSSR count). The Bertz CT molecular complexity index is 388. The molecular formula is C17H28O4. The molecule has 0 spiro atoms. The highest BCUT2D eigenvalue weighted by Crippen LogP contribution is 2.36. The Balaban J connectivity index is 3.09. The topological polar surface area (TPSA) is 52.6 Å². The summed E-state index contributed by atoms with van der Waals surface area (Å²) in [5, 5.41) is 0. The number of esters is 2. The van der Waals surface area contributed by atoms with Crippen LogP contribution in [0.15, 0.2) is 11.1 Å². The Labute approximate surface area is 127 Å². The third kappa shape index (κ3) is 4.87. The molecule has 0 heterocycles. The van der Waals surface area contributed by atoms with Crippen molar-refractivity contribution in [2.24, 2.45) is 11.8 Å². The first-order valence-corrected chi connectivity index (χ1v) is 8.04. The second-order valence-corrected chi connectivity index (χ2v) is 5.76. The molecule has 1 atom stereocenters. The zero-order valence-electron chi connectivity index (χ0n) is 13.7. The van der Waals surface area contributed by atoms with Crippen LogP contribution < -0.4 is 0 Å². The van der Waals surface area contributed by atoms with Crippen LogP contribution in [0.1, 0.15) is 59.8 Å². The van der Waals surface area contributed by atoms with Crippen LogP contribution in [-0.2, 0) is 19.1 Å². The number of rotatable bonds is 6. The van der Waals surface area contributed by atoms with E-state index in [9.17, 15) is 9.59 Å². The van der Waals surface area contributed by atoms with Gasteiger partial charge in [0, 0.05) is 0 Å². The lowest BCUT2D eigenvalue weighted by Gasteiger charge is -2.30. The lowest BCUT2D eigenvalue weighted by atomic mass is 9.75. The number of allylic oxidation sites excluding steroid dienone is 1. The highest BCUT2D eigenvalue weighted by Gasteiger charge is 2.37. The average Bonchev–Trinajstić information content (AvgIpc) is 2.45. The number of hydrogen-bond acceptors (Lipinski definition) is 4. The average molecular weight is 296 g/mol. The van der Waals surface area contributed by atoms with Crippen LogP contribution >= 0.6 is 0 Å². The van der Waals surface area contributed by atoms with E-state index in [1.165, 1.54) is 6.42 Å². The van der Waals surface area contributed by atoms with Crippen molar-refractivity contribution >= 4 is 11.9 Å². The molecule has 0 saturated heterocycles. The highest BCUT2D eigenvalue weighted by atomic mass is 16.5. The normalized spacial score (nSPS) is 17.0. The van der Waals surface area contributed by atoms with E-state index < -0.39 is 5.92 Å². The molecule has 0 amide bonds. The van der Waals surface area contributed by atoms with Crippen LogP contribution in [0.5, 0.6) is 0 Å². The van der Waals surface area contributed by atoms with E-state index in [4.69, 9.17) is 9.47 Å². The fourth-order valence-electron chi connectivity index (χ4n) is 3.10. The number of hydrogen-bond donors (Lipinski definition) is 0. The molecule has 0 bridgehead atoms. The largest absolute Gasteiger partial charge is 0.466 e. The maximum Gasteiger partial charge on any atom is 0.334 e. The summed E-state index contributed by atoms with van der Waals surface area (Å²) in [4.78, 5) is 24.7. The minimum atomic E-state index is -0.478. The van der Waals surface area contributed by atoms with Gasteiger partial charge in [-0.2, -0.15) is 0 Å². The van der Waals surface area contributed by atoms with Crippen LogP contribution in [0.2, 0.25) is 0 Å². The third-order valence-electron chi connectivity index (χ3n) is 4.01. The van der Waals surface area contributed by atoms with Gasteiger partial charge in [0.15, 0.2) is 0 Å². The van der Waals surface area contributed by atoms with Gasteiger partial charge >= 0.3 is 11.9 Å². The van der Waals surface area contributed by atoms with Crippen LogP contribution in [-0.4, -0.2) is 25.2 Å². The Hall–Kier alpha value is -1.32. The predicted octanol–water partition coefficient (Wildman–Crippen LogP) is 3.65. The van der Waals surface area contributed by atoms with Gasteiger partial charge in [-0.1, -0.05) is 24.8 Å². The molecule has 4 heteroatoms. The molecule has 1 saturated carbocycles. The first kappa shape index (κ1) is 17.7. The van der Waals surface area contributed by atoms with Crippen LogP contribution in [0, 0.1) is 11.8 Å². The van der Waals surface area contributed by atoms with Crippen LogP contribution in [0.4, 0.5) is 0 Å². The molecular weight excluding hydrogens is 268 g/mol. The molecule has 1 aliphatic carbocycles. The van der Waals surface area contributed by atoms with E-state index in [1.807, 2.05) is 13.8 Å². The van der Waals surface area contributed by atoms with E-state index in [0.717, 1.165) is 31.3 Å². The van der Waals surface area contributed by atoms with Crippen LogP contribution in [0.25, 0.3) is 0 Å². The molecule has 0 aromatic heterocycles. The summed E-state index contributed by atoms with van der Waals surface area (Å²) < 4.78 is 10.4. The third-order valence-corrected chi connectivity index (χ3v) is 4.01. The second-order valence-electron chi connectivity index (χ2n) is 5.76. The van der Waals surface area contributed by atoms with Gasteiger partial charge in [0.05, 0.1) is 24.7 Å². The fraction of sp³-hybridized carbons (Fsp3) is 0.765. The maximum absolute atomic E-state index is 12.4. The van der Waals surface area contributed by atoms with Crippen molar-refractivity contribution in [2.45, 2.75) is 59.8 Å². The lowest BCUT2D eigenvalue weighted by molar-refractivity contribution is -0.152. The van der Waals surface area contributed by atoms with Gasteiger partial charge < -0.3 is 9.47 Å². The quantitative estimate of drug-likeness (QED) is 0.554. The molecule has 120 valence electrons. The zero-order valence-corrected chi connectivity index (χ0v) is 13.7. The van der Waals surface area contributed by atoms with Gasteiger partial charge in [0.25, 0.3) is 0 Å². The summed E-state index contributed by atoms with van der Waals surface area (Å²) in [5.41, 5.74) is 1.35. The highest BCUT2D eigenvalue weighted by molar-refractivity contribution is 5.96. The fourth-order valence-corrected chi connectivity index (χ4v) is 3.10. The number of ether oxygens (including phenoxy) is 2. The van der Waals surface area contributed by atoms with Gasteiger partial charge in [-0.3, -0.25) is 4.79 Å². The first-order chi connectivity index (χ1) is 10.0. The summed E-state index contributed by atoms with van der Waals surface area (Å²) in [7, 11) is 0. The van der Waals surface area contributed by atoms with E-state index in [2.05, 4.69) is 0 Å². The summed E-state index contributed by atoms with van der Waals surface area (Å²) in [6.07, 6.45) is 5.37. The molecule has 21 heavy (non-hydrogen) atoms. The molecule has 0 radical (unpaired) electrons. The van der Waals surface area contributed by atoms with Crippen LogP contribution in [0.3, 0.4) is 0 Å². The maximum atomic E-state index is 12.4. The van der Waals surface area contributed by atoms with Crippen molar-refractivity contribution in [3.8, 4) is 0 Å². The summed E-state index contributed by atoms with van der Waals surface area (Å²) >= 11 is 0. The summed E-state index contributed by atoms with van der Waals surface area (Å²) in [6.45, 7) is 7.95. The summed E-state index contributed by atoms with van der Waals surface area (Å²) in [6, 6.07) is 0. The van der Waals surface area contributed by atoms with Crippen molar-refractivity contribution < 1.29 is 19.1 Å². The minimum absolute atomic E-state index is 0.187. The molecule has 1 aliphatic rings. The van der Waals surface area contributed by atoms with E-state index in [-0.39, 0.29) is 17.9 Å². The van der Waals surface area contributed by atoms with E-state index in [1.54, 1.807) is 13.8 Å². The molecule has 1 unspecified atom stereocenters. The van der Waals surface area contributed by atoms with Crippen molar-refractivity contribution in [3.05, 3.63) is 11.1 Å². The van der Waals surface area contributed by atoms with E-state index in [0.29, 0.717) is 18.8 Å². The van der Waals surface area contributed by atoms with Gasteiger partial charge in [0.1, 0.15) is 0 Å². The van der Waals surface area contributed by atoms with Gasteiger partial charge in [-0.05, 0) is 46.5 Å². The van der Waals surface area contributed by atoms with E-state index >= 15 is 0 Å². The predicted molar refractivity (Wildman–Crippen MR) is 81.7 cm³/mol. The summed E-state index contributed by atoms with van der Waals surface area (Å²) in [5.74, 6) is -0.948. The number of carbonyl (C=O) groups is 2. The Morgan fingerprint density at radius 2 is 1.57 bits per heavy atom. The molecule has 4 nitrogen and oxygen atoms in total. The monoisotopic (exact) mass is 296 g/mol. The Kier molecular flexibility index (Phi) is 7.48. The molecule has 0 N–H and O–H groups in total. The lowest BCUT2D eigenvalue weighted by Crippen LogP contribution is -2.33. The first-order valence-electron chi connectivity index (χ1n) is 8.04. The van der Waals surface area contributed by atoms with Gasteiger partial charge in [0.2, 0.25) is 0 Å². The Morgan fingerprint density at radius 3 is 2.05 bits per heavy atom. The Morgan fingerprint density at radius 1 is 1.00 bits per heavy atom. The van der Waals surface area contributed by atoms with Gasteiger partial charge in [-0.25, -0.2) is 4.79 Å². The van der Waals surface area contributed by atoms with Crippen molar-refractivity contribution in [3.63, 3.8) is 0 Å². The molecule has 0 aliphatic heterocycles. The number of carbonyl (C=O) groups excluding carboxylic acids is 2. The minimum Gasteiger partial charge on any atom is -0.466 e. The SMILES string of the molecule is CCOC(=O)C(=C(C)C)C(C(=O)OCC)C1CCCCC1. The smallest absolute Gasteiger partial charge is 0.334 e. The molecule has 1 fully saturated rings. The molecule has 0 aromatic carbocycles. The standard InChI is InChI=1S/C17H28O4/c1-5-20-16(18)14(12(3)4)15(17(19)21-6-2)13-10-8-7-9-11-13/h13,15H,5-11H2,1-4H3. The van der Waals surface area contributed by atoms with Crippen molar-refractivity contribution in [1.82, 2.24) is 0 Å².